The maximum Gasteiger partial charge on any atom is 0.411 e. The van der Waals surface area contributed by atoms with Gasteiger partial charge in [-0.3, -0.25) is 0 Å². The first-order chi connectivity index (χ1) is 16.1. The summed E-state index contributed by atoms with van der Waals surface area (Å²) in [5, 5.41) is 18.9. The summed E-state index contributed by atoms with van der Waals surface area (Å²) in [7, 11) is 0. The number of carbonyl (C=O) groups is 1. The Morgan fingerprint density at radius 2 is 1.76 bits per heavy atom. The third-order valence-electron chi connectivity index (χ3n) is 6.32. The van der Waals surface area contributed by atoms with Gasteiger partial charge in [-0.05, 0) is 63.1 Å². The highest BCUT2D eigenvalue weighted by Gasteiger charge is 2.46. The zero-order valence-corrected chi connectivity index (χ0v) is 20.0. The van der Waals surface area contributed by atoms with Gasteiger partial charge in [-0.1, -0.05) is 36.4 Å². The van der Waals surface area contributed by atoms with Crippen LogP contribution in [0.15, 0.2) is 60.7 Å². The average Bonchev–Trinajstić information content (AvgIpc) is 2.79. The number of hydrogen-bond acceptors (Lipinski definition) is 5. The molecule has 1 amide bonds. The minimum Gasteiger partial charge on any atom is -0.438 e. The van der Waals surface area contributed by atoms with Gasteiger partial charge in [-0.25, -0.2) is 9.18 Å². The molecule has 1 aliphatic heterocycles. The zero-order chi connectivity index (χ0) is 24.5. The molecule has 1 aliphatic rings. The molecule has 34 heavy (non-hydrogen) atoms. The van der Waals surface area contributed by atoms with Crippen LogP contribution in [-0.2, 0) is 10.3 Å². The van der Waals surface area contributed by atoms with E-state index >= 15 is 0 Å². The maximum absolute atomic E-state index is 13.5. The highest BCUT2D eigenvalue weighted by molar-refractivity contribution is 5.70. The highest BCUT2D eigenvalue weighted by atomic mass is 19.1. The summed E-state index contributed by atoms with van der Waals surface area (Å²) in [4.78, 5) is 14.9. The van der Waals surface area contributed by atoms with E-state index < -0.39 is 17.3 Å². The van der Waals surface area contributed by atoms with E-state index in [1.165, 1.54) is 12.1 Å². The fourth-order valence-electron chi connectivity index (χ4n) is 4.57. The first-order valence-corrected chi connectivity index (χ1v) is 11.5. The van der Waals surface area contributed by atoms with Gasteiger partial charge in [0, 0.05) is 24.9 Å². The molecule has 4 rings (SSSR count). The topological polar surface area (TPSA) is 75.6 Å². The Kier molecular flexibility index (Phi) is 6.41. The van der Waals surface area contributed by atoms with Crippen molar-refractivity contribution < 1.29 is 19.0 Å². The smallest absolute Gasteiger partial charge is 0.411 e. The Morgan fingerprint density at radius 3 is 2.32 bits per heavy atom. The molecule has 0 unspecified atom stereocenters. The van der Waals surface area contributed by atoms with E-state index in [0.717, 1.165) is 22.5 Å². The second kappa shape index (κ2) is 9.14. The van der Waals surface area contributed by atoms with Crippen molar-refractivity contribution in [2.45, 2.75) is 57.8 Å². The molecule has 0 radical (unpaired) electrons. The average molecular weight is 464 g/mol. The lowest BCUT2D eigenvalue weighted by atomic mass is 9.80. The Balaban J connectivity index is 1.53. The molecule has 0 bridgehead atoms. The van der Waals surface area contributed by atoms with Gasteiger partial charge in [0.2, 0.25) is 0 Å². The largest absolute Gasteiger partial charge is 0.438 e. The number of rotatable bonds is 6. The van der Waals surface area contributed by atoms with Crippen LogP contribution in [0.5, 0.6) is 0 Å². The molecular weight excluding hydrogens is 433 g/mol. The van der Waals surface area contributed by atoms with Crippen molar-refractivity contribution in [3.05, 3.63) is 83.3 Å². The molecule has 2 heterocycles. The molecule has 0 saturated carbocycles. The molecule has 6 nitrogen and oxygen atoms in total. The summed E-state index contributed by atoms with van der Waals surface area (Å²) in [6, 6.07) is 17.5. The minimum atomic E-state index is -1.07. The minimum absolute atomic E-state index is 0.209. The third kappa shape index (κ3) is 5.09. The second-order valence-electron chi connectivity index (χ2n) is 9.66. The van der Waals surface area contributed by atoms with Gasteiger partial charge < -0.3 is 14.7 Å². The number of hydrogen-bond donors (Lipinski definition) is 1. The molecule has 3 aromatic rings. The van der Waals surface area contributed by atoms with Crippen LogP contribution < -0.4 is 0 Å². The summed E-state index contributed by atoms with van der Waals surface area (Å²) < 4.78 is 19.6. The van der Waals surface area contributed by atoms with Crippen LogP contribution in [0.1, 0.15) is 56.5 Å². The van der Waals surface area contributed by atoms with E-state index in [1.54, 1.807) is 30.9 Å². The standard InChI is InChI=1S/C27H30FN3O3/c1-18-5-14-24(30-29-18)21-8-6-20(7-9-21)19(2)31-16-15-27(34-25(31)32,17-26(3,4)33)22-10-12-23(28)13-11-22/h5-14,19,33H,15-17H2,1-4H3/t19-,27-/m0/s1. The van der Waals surface area contributed by atoms with E-state index in [2.05, 4.69) is 10.2 Å². The second-order valence-corrected chi connectivity index (χ2v) is 9.66. The summed E-state index contributed by atoms with van der Waals surface area (Å²) in [5.74, 6) is -0.361. The number of nitrogens with zero attached hydrogens (tertiary/aromatic N) is 3. The van der Waals surface area contributed by atoms with Gasteiger partial charge in [0.25, 0.3) is 0 Å². The summed E-state index contributed by atoms with van der Waals surface area (Å²) in [5.41, 5.74) is 2.16. The van der Waals surface area contributed by atoms with Crippen LogP contribution in [-0.4, -0.2) is 38.4 Å². The van der Waals surface area contributed by atoms with Crippen LogP contribution in [0.25, 0.3) is 11.3 Å². The lowest BCUT2D eigenvalue weighted by Gasteiger charge is -2.45. The van der Waals surface area contributed by atoms with Crippen molar-refractivity contribution in [1.82, 2.24) is 15.1 Å². The van der Waals surface area contributed by atoms with Crippen LogP contribution in [0, 0.1) is 12.7 Å². The number of aliphatic hydroxyl groups is 1. The van der Waals surface area contributed by atoms with Crippen LogP contribution in [0.3, 0.4) is 0 Å². The summed E-state index contributed by atoms with van der Waals surface area (Å²) in [6.07, 6.45) is 0.238. The molecule has 0 spiro atoms. The number of cyclic esters (lactones) is 1. The van der Waals surface area contributed by atoms with Gasteiger partial charge in [0.15, 0.2) is 0 Å². The molecule has 7 heteroatoms. The number of amides is 1. The maximum atomic E-state index is 13.5. The van der Waals surface area contributed by atoms with Gasteiger partial charge in [0.05, 0.1) is 23.0 Å². The fraction of sp³-hybridized carbons (Fsp3) is 0.370. The van der Waals surface area contributed by atoms with Gasteiger partial charge >= 0.3 is 6.09 Å². The predicted molar refractivity (Wildman–Crippen MR) is 127 cm³/mol. The van der Waals surface area contributed by atoms with Crippen molar-refractivity contribution in [3.8, 4) is 11.3 Å². The molecular formula is C27H30FN3O3. The van der Waals surface area contributed by atoms with Crippen LogP contribution >= 0.6 is 0 Å². The van der Waals surface area contributed by atoms with Crippen molar-refractivity contribution >= 4 is 6.09 Å². The van der Waals surface area contributed by atoms with Gasteiger partial charge in [0.1, 0.15) is 11.4 Å². The molecule has 1 aromatic heterocycles. The Hall–Kier alpha value is -3.32. The number of benzene rings is 2. The SMILES string of the molecule is Cc1ccc(-c2ccc([C@H](C)N3CC[C@](CC(C)(C)O)(c4ccc(F)cc4)OC3=O)cc2)nn1. The molecule has 1 fully saturated rings. The van der Waals surface area contributed by atoms with E-state index in [9.17, 15) is 14.3 Å². The van der Waals surface area contributed by atoms with Crippen molar-refractivity contribution in [2.24, 2.45) is 0 Å². The lowest BCUT2D eigenvalue weighted by Crippen LogP contribution is -2.51. The molecule has 178 valence electrons. The van der Waals surface area contributed by atoms with E-state index in [0.29, 0.717) is 18.5 Å². The molecule has 2 aromatic carbocycles. The van der Waals surface area contributed by atoms with Crippen molar-refractivity contribution in [3.63, 3.8) is 0 Å². The fourth-order valence-corrected chi connectivity index (χ4v) is 4.57. The number of ether oxygens (including phenoxy) is 1. The normalized spacial score (nSPS) is 19.6. The molecule has 1 saturated heterocycles. The monoisotopic (exact) mass is 463 g/mol. The quantitative estimate of drug-likeness (QED) is 0.519. The number of halogens is 1. The van der Waals surface area contributed by atoms with Gasteiger partial charge in [-0.2, -0.15) is 10.2 Å². The number of aromatic nitrogens is 2. The molecule has 1 N–H and O–H groups in total. The first-order valence-electron chi connectivity index (χ1n) is 11.5. The van der Waals surface area contributed by atoms with Crippen LogP contribution in [0.4, 0.5) is 9.18 Å². The summed E-state index contributed by atoms with van der Waals surface area (Å²) in [6.45, 7) is 7.66. The predicted octanol–water partition coefficient (Wildman–Crippen LogP) is 5.55. The Morgan fingerprint density at radius 1 is 1.09 bits per heavy atom. The van der Waals surface area contributed by atoms with Crippen molar-refractivity contribution in [1.29, 1.82) is 0 Å². The van der Waals surface area contributed by atoms with Gasteiger partial charge in [-0.15, -0.1) is 0 Å². The van der Waals surface area contributed by atoms with E-state index in [-0.39, 0.29) is 18.3 Å². The number of aryl methyl sites for hydroxylation is 1. The molecule has 0 aliphatic carbocycles. The first kappa shape index (κ1) is 23.8. The summed E-state index contributed by atoms with van der Waals surface area (Å²) >= 11 is 0. The highest BCUT2D eigenvalue weighted by Crippen LogP contribution is 2.42. The Labute approximate surface area is 199 Å². The van der Waals surface area contributed by atoms with E-state index in [1.807, 2.05) is 50.2 Å². The Bertz CT molecular complexity index is 1140. The number of carbonyl (C=O) groups excluding carboxylic acids is 1. The third-order valence-corrected chi connectivity index (χ3v) is 6.32. The molecule has 2 atom stereocenters. The lowest BCUT2D eigenvalue weighted by molar-refractivity contribution is -0.101. The van der Waals surface area contributed by atoms with E-state index in [4.69, 9.17) is 4.74 Å². The zero-order valence-electron chi connectivity index (χ0n) is 20.0. The van der Waals surface area contributed by atoms with Crippen molar-refractivity contribution in [2.75, 3.05) is 6.54 Å². The van der Waals surface area contributed by atoms with Crippen LogP contribution in [0.2, 0.25) is 0 Å².